The fraction of sp³-hybridized carbons (Fsp3) is 0.188. The van der Waals surface area contributed by atoms with Crippen LogP contribution in [0.4, 0.5) is 14.5 Å². The molecule has 0 aliphatic heterocycles. The van der Waals surface area contributed by atoms with E-state index in [4.69, 9.17) is 0 Å². The summed E-state index contributed by atoms with van der Waals surface area (Å²) >= 11 is 3.38. The van der Waals surface area contributed by atoms with Crippen molar-refractivity contribution in [3.63, 3.8) is 0 Å². The number of anilines is 1. The Morgan fingerprint density at radius 3 is 2.38 bits per heavy atom. The summed E-state index contributed by atoms with van der Waals surface area (Å²) < 4.78 is 27.8. The van der Waals surface area contributed by atoms with Gasteiger partial charge in [0.1, 0.15) is 11.6 Å². The molecular formula is C16H14BrF2NO. The molecule has 2 aromatic carbocycles. The lowest BCUT2D eigenvalue weighted by Gasteiger charge is -2.12. The topological polar surface area (TPSA) is 29.1 Å². The SMILES string of the molecule is Cc1cc(C)c(NC(=O)Cc2c(F)cccc2F)c(Br)c1. The summed E-state index contributed by atoms with van der Waals surface area (Å²) in [6.07, 6.45) is -0.349. The average molecular weight is 354 g/mol. The van der Waals surface area contributed by atoms with Crippen molar-refractivity contribution >= 4 is 27.5 Å². The van der Waals surface area contributed by atoms with Crippen LogP contribution in [-0.4, -0.2) is 5.91 Å². The first kappa shape index (κ1) is 15.6. The second-order valence-electron chi connectivity index (χ2n) is 4.86. The van der Waals surface area contributed by atoms with Gasteiger partial charge >= 0.3 is 0 Å². The molecule has 0 heterocycles. The number of carbonyl (C=O) groups excluding carboxylic acids is 1. The van der Waals surface area contributed by atoms with Gasteiger partial charge in [-0.05, 0) is 59.1 Å². The van der Waals surface area contributed by atoms with Crippen molar-refractivity contribution in [2.75, 3.05) is 5.32 Å². The molecule has 0 saturated carbocycles. The number of amides is 1. The Morgan fingerprint density at radius 1 is 1.19 bits per heavy atom. The summed E-state index contributed by atoms with van der Waals surface area (Å²) in [5.74, 6) is -1.90. The van der Waals surface area contributed by atoms with E-state index in [1.165, 1.54) is 6.07 Å². The Morgan fingerprint density at radius 2 is 1.81 bits per heavy atom. The maximum atomic E-state index is 13.5. The highest BCUT2D eigenvalue weighted by Crippen LogP contribution is 2.28. The molecule has 0 aromatic heterocycles. The van der Waals surface area contributed by atoms with E-state index >= 15 is 0 Å². The summed E-state index contributed by atoms with van der Waals surface area (Å²) in [5.41, 5.74) is 2.32. The fourth-order valence-electron chi connectivity index (χ4n) is 2.12. The Labute approximate surface area is 130 Å². The second-order valence-corrected chi connectivity index (χ2v) is 5.72. The largest absolute Gasteiger partial charge is 0.325 e. The van der Waals surface area contributed by atoms with Crippen LogP contribution in [0.5, 0.6) is 0 Å². The number of carbonyl (C=O) groups is 1. The normalized spacial score (nSPS) is 10.5. The zero-order valence-electron chi connectivity index (χ0n) is 11.6. The molecule has 2 aromatic rings. The van der Waals surface area contributed by atoms with Crippen molar-refractivity contribution in [2.24, 2.45) is 0 Å². The number of nitrogens with one attached hydrogen (secondary N) is 1. The molecule has 0 aliphatic rings. The van der Waals surface area contributed by atoms with Crippen molar-refractivity contribution in [3.8, 4) is 0 Å². The minimum atomic E-state index is -0.718. The van der Waals surface area contributed by atoms with Crippen LogP contribution in [0.3, 0.4) is 0 Å². The molecule has 21 heavy (non-hydrogen) atoms. The van der Waals surface area contributed by atoms with E-state index < -0.39 is 17.5 Å². The van der Waals surface area contributed by atoms with Crippen molar-refractivity contribution in [3.05, 3.63) is 63.1 Å². The van der Waals surface area contributed by atoms with Gasteiger partial charge in [0.25, 0.3) is 0 Å². The summed E-state index contributed by atoms with van der Waals surface area (Å²) in [5, 5.41) is 2.69. The summed E-state index contributed by atoms with van der Waals surface area (Å²) in [4.78, 5) is 12.0. The number of aryl methyl sites for hydroxylation is 2. The zero-order valence-corrected chi connectivity index (χ0v) is 13.2. The van der Waals surface area contributed by atoms with Crippen molar-refractivity contribution in [1.29, 1.82) is 0 Å². The van der Waals surface area contributed by atoms with Crippen LogP contribution in [0.25, 0.3) is 0 Å². The number of hydrogen-bond donors (Lipinski definition) is 1. The van der Waals surface area contributed by atoms with E-state index in [9.17, 15) is 13.6 Å². The average Bonchev–Trinajstić information content (AvgIpc) is 2.38. The van der Waals surface area contributed by atoms with Crippen LogP contribution in [0, 0.1) is 25.5 Å². The first-order chi connectivity index (χ1) is 9.88. The van der Waals surface area contributed by atoms with Gasteiger partial charge in [0.15, 0.2) is 0 Å². The van der Waals surface area contributed by atoms with Gasteiger partial charge in [-0.3, -0.25) is 4.79 Å². The molecule has 5 heteroatoms. The Kier molecular flexibility index (Phi) is 4.73. The van der Waals surface area contributed by atoms with E-state index in [0.717, 1.165) is 27.7 Å². The zero-order chi connectivity index (χ0) is 15.6. The standard InChI is InChI=1S/C16H14BrF2NO/c1-9-6-10(2)16(12(17)7-9)20-15(21)8-11-13(18)4-3-5-14(11)19/h3-7H,8H2,1-2H3,(H,20,21). The van der Waals surface area contributed by atoms with Crippen LogP contribution < -0.4 is 5.32 Å². The summed E-state index contributed by atoms with van der Waals surface area (Å²) in [6.45, 7) is 3.80. The molecule has 1 amide bonds. The van der Waals surface area contributed by atoms with Crippen LogP contribution in [-0.2, 0) is 11.2 Å². The van der Waals surface area contributed by atoms with Gasteiger partial charge in [-0.2, -0.15) is 0 Å². The van der Waals surface area contributed by atoms with E-state index in [0.29, 0.717) is 5.69 Å². The van der Waals surface area contributed by atoms with Crippen molar-refractivity contribution < 1.29 is 13.6 Å². The highest BCUT2D eigenvalue weighted by molar-refractivity contribution is 9.10. The molecule has 0 saturated heterocycles. The molecule has 0 aliphatic carbocycles. The van der Waals surface area contributed by atoms with Gasteiger partial charge in [-0.1, -0.05) is 12.1 Å². The highest BCUT2D eigenvalue weighted by atomic mass is 79.9. The minimum Gasteiger partial charge on any atom is -0.325 e. The third kappa shape index (κ3) is 3.67. The summed E-state index contributed by atoms with van der Waals surface area (Å²) in [6, 6.07) is 7.33. The predicted molar refractivity (Wildman–Crippen MR) is 82.3 cm³/mol. The molecule has 0 fully saturated rings. The van der Waals surface area contributed by atoms with Gasteiger partial charge < -0.3 is 5.32 Å². The van der Waals surface area contributed by atoms with Crippen molar-refractivity contribution in [1.82, 2.24) is 0 Å². The van der Waals surface area contributed by atoms with Gasteiger partial charge in [-0.25, -0.2) is 8.78 Å². The molecule has 0 radical (unpaired) electrons. The molecule has 0 spiro atoms. The lowest BCUT2D eigenvalue weighted by atomic mass is 10.1. The molecule has 0 atom stereocenters. The minimum absolute atomic E-state index is 0.226. The fourth-order valence-corrected chi connectivity index (χ4v) is 2.89. The quantitative estimate of drug-likeness (QED) is 0.863. The Hall–Kier alpha value is -1.75. The first-order valence-electron chi connectivity index (χ1n) is 6.38. The van der Waals surface area contributed by atoms with Crippen molar-refractivity contribution in [2.45, 2.75) is 20.3 Å². The van der Waals surface area contributed by atoms with Crippen LogP contribution in [0.15, 0.2) is 34.8 Å². The van der Waals surface area contributed by atoms with Crippen LogP contribution in [0.2, 0.25) is 0 Å². The van der Waals surface area contributed by atoms with E-state index in [1.807, 2.05) is 26.0 Å². The Balaban J connectivity index is 2.20. The lowest BCUT2D eigenvalue weighted by Crippen LogP contribution is -2.17. The first-order valence-corrected chi connectivity index (χ1v) is 7.17. The lowest BCUT2D eigenvalue weighted by molar-refractivity contribution is -0.115. The smallest absolute Gasteiger partial charge is 0.229 e. The van der Waals surface area contributed by atoms with E-state index in [1.54, 1.807) is 0 Å². The van der Waals surface area contributed by atoms with Gasteiger partial charge in [0.2, 0.25) is 5.91 Å². The monoisotopic (exact) mass is 353 g/mol. The number of rotatable bonds is 3. The molecule has 1 N–H and O–H groups in total. The molecule has 2 nitrogen and oxygen atoms in total. The van der Waals surface area contributed by atoms with Crippen LogP contribution in [0.1, 0.15) is 16.7 Å². The maximum Gasteiger partial charge on any atom is 0.229 e. The number of benzene rings is 2. The van der Waals surface area contributed by atoms with E-state index in [2.05, 4.69) is 21.2 Å². The molecule has 0 bridgehead atoms. The Bertz CT molecular complexity index is 657. The molecule has 110 valence electrons. The molecule has 2 rings (SSSR count). The van der Waals surface area contributed by atoms with E-state index in [-0.39, 0.29) is 12.0 Å². The molecular weight excluding hydrogens is 340 g/mol. The third-order valence-electron chi connectivity index (χ3n) is 3.10. The van der Waals surface area contributed by atoms with Crippen LogP contribution >= 0.6 is 15.9 Å². The maximum absolute atomic E-state index is 13.5. The second kappa shape index (κ2) is 6.35. The van der Waals surface area contributed by atoms with Gasteiger partial charge in [-0.15, -0.1) is 0 Å². The number of halogens is 3. The van der Waals surface area contributed by atoms with Gasteiger partial charge in [0.05, 0.1) is 12.1 Å². The highest BCUT2D eigenvalue weighted by Gasteiger charge is 2.15. The molecule has 0 unspecified atom stereocenters. The number of hydrogen-bond acceptors (Lipinski definition) is 1. The van der Waals surface area contributed by atoms with Gasteiger partial charge in [0, 0.05) is 10.0 Å². The predicted octanol–water partition coefficient (Wildman–Crippen LogP) is 4.53. The summed E-state index contributed by atoms with van der Waals surface area (Å²) in [7, 11) is 0. The third-order valence-corrected chi connectivity index (χ3v) is 3.72.